The minimum Gasteiger partial charge on any atom is -0.504 e. The first kappa shape index (κ1) is 13.1. The van der Waals surface area contributed by atoms with E-state index < -0.39 is 5.91 Å². The summed E-state index contributed by atoms with van der Waals surface area (Å²) >= 11 is 0. The third-order valence-electron chi connectivity index (χ3n) is 2.32. The summed E-state index contributed by atoms with van der Waals surface area (Å²) in [5.41, 5.74) is 0.205. The maximum atomic E-state index is 11.8. The van der Waals surface area contributed by atoms with Crippen molar-refractivity contribution < 1.29 is 15.0 Å². The lowest BCUT2D eigenvalue weighted by atomic mass is 10.1. The summed E-state index contributed by atoms with van der Waals surface area (Å²) in [5.74, 6) is -1.18. The van der Waals surface area contributed by atoms with Gasteiger partial charge < -0.3 is 10.2 Å². The normalized spacial score (nSPS) is 10.8. The van der Waals surface area contributed by atoms with E-state index in [2.05, 4.69) is 20.5 Å². The van der Waals surface area contributed by atoms with Gasteiger partial charge in [-0.2, -0.15) is 15.3 Å². The summed E-state index contributed by atoms with van der Waals surface area (Å²) in [5, 5.41) is 35.8. The molecule has 4 N–H and O–H groups in total. The fourth-order valence-electron chi connectivity index (χ4n) is 1.39. The van der Waals surface area contributed by atoms with Crippen LogP contribution in [0.3, 0.4) is 0 Å². The van der Waals surface area contributed by atoms with Crippen molar-refractivity contribution in [2.45, 2.75) is 0 Å². The Labute approximate surface area is 113 Å². The Morgan fingerprint density at radius 2 is 2.20 bits per heavy atom. The van der Waals surface area contributed by atoms with Crippen molar-refractivity contribution in [1.82, 2.24) is 15.2 Å². The molecule has 0 unspecified atom stereocenters. The number of benzene rings is 1. The molecule has 0 spiro atoms. The number of nitriles is 1. The van der Waals surface area contributed by atoms with E-state index in [9.17, 15) is 15.0 Å². The van der Waals surface area contributed by atoms with Crippen molar-refractivity contribution in [1.29, 1.82) is 5.26 Å². The van der Waals surface area contributed by atoms with E-state index in [1.807, 2.05) is 0 Å². The second-order valence-electron chi connectivity index (χ2n) is 3.71. The van der Waals surface area contributed by atoms with Gasteiger partial charge in [0.1, 0.15) is 18.0 Å². The van der Waals surface area contributed by atoms with Crippen molar-refractivity contribution in [3.05, 3.63) is 35.7 Å². The molecule has 0 aliphatic rings. The number of nitrogens with one attached hydrogen (secondary N) is 2. The largest absolute Gasteiger partial charge is 0.504 e. The number of anilines is 1. The van der Waals surface area contributed by atoms with E-state index in [0.717, 1.165) is 0 Å². The quantitative estimate of drug-likeness (QED) is 0.370. The molecule has 1 heterocycles. The van der Waals surface area contributed by atoms with Crippen LogP contribution in [0.25, 0.3) is 6.08 Å². The first-order valence-electron chi connectivity index (χ1n) is 5.40. The van der Waals surface area contributed by atoms with Gasteiger partial charge in [0, 0.05) is 0 Å². The zero-order valence-electron chi connectivity index (χ0n) is 10.0. The molecular formula is C12H9N5O3. The number of aromatic amines is 1. The van der Waals surface area contributed by atoms with Gasteiger partial charge in [0.05, 0.1) is 0 Å². The molecule has 1 amide bonds. The minimum atomic E-state index is -0.670. The van der Waals surface area contributed by atoms with Gasteiger partial charge in [-0.1, -0.05) is 6.07 Å². The number of aromatic nitrogens is 3. The number of carbonyl (C=O) groups excluding carboxylic acids is 1. The van der Waals surface area contributed by atoms with Gasteiger partial charge >= 0.3 is 0 Å². The Morgan fingerprint density at radius 3 is 2.80 bits per heavy atom. The van der Waals surface area contributed by atoms with E-state index >= 15 is 0 Å². The second-order valence-corrected chi connectivity index (χ2v) is 3.71. The van der Waals surface area contributed by atoms with Crippen molar-refractivity contribution in [2.24, 2.45) is 0 Å². The molecule has 0 radical (unpaired) electrons. The number of H-pyrrole nitrogens is 1. The molecule has 0 atom stereocenters. The fourth-order valence-corrected chi connectivity index (χ4v) is 1.39. The molecule has 0 aliphatic heterocycles. The molecule has 1 aromatic heterocycles. The predicted octanol–water partition coefficient (Wildman–Crippen LogP) is 0.762. The smallest absolute Gasteiger partial charge is 0.268 e. The van der Waals surface area contributed by atoms with Crippen molar-refractivity contribution >= 4 is 17.9 Å². The Balaban J connectivity index is 2.22. The van der Waals surface area contributed by atoms with Crippen LogP contribution in [0.5, 0.6) is 11.5 Å². The summed E-state index contributed by atoms with van der Waals surface area (Å²) in [7, 11) is 0. The van der Waals surface area contributed by atoms with E-state index in [1.165, 1.54) is 30.6 Å². The Bertz CT molecular complexity index is 700. The minimum absolute atomic E-state index is 0.115. The summed E-state index contributed by atoms with van der Waals surface area (Å²) in [6.07, 6.45) is 2.48. The van der Waals surface area contributed by atoms with Gasteiger partial charge in [0.25, 0.3) is 5.91 Å². The van der Waals surface area contributed by atoms with Gasteiger partial charge in [0.2, 0.25) is 5.95 Å². The van der Waals surface area contributed by atoms with Crippen LogP contribution in [-0.2, 0) is 4.79 Å². The highest BCUT2D eigenvalue weighted by atomic mass is 16.3. The molecule has 100 valence electrons. The molecule has 0 saturated heterocycles. The predicted molar refractivity (Wildman–Crippen MR) is 68.4 cm³/mol. The monoisotopic (exact) mass is 271 g/mol. The second kappa shape index (κ2) is 5.53. The number of hydrogen-bond donors (Lipinski definition) is 4. The Kier molecular flexibility index (Phi) is 3.63. The maximum Gasteiger partial charge on any atom is 0.268 e. The number of hydrogen-bond acceptors (Lipinski definition) is 6. The van der Waals surface area contributed by atoms with Crippen molar-refractivity contribution in [3.8, 4) is 17.6 Å². The number of nitrogens with zero attached hydrogens (tertiary/aromatic N) is 3. The molecule has 0 aliphatic carbocycles. The van der Waals surface area contributed by atoms with Crippen LogP contribution in [0.4, 0.5) is 5.95 Å². The van der Waals surface area contributed by atoms with Crippen molar-refractivity contribution in [3.63, 3.8) is 0 Å². The molecular weight excluding hydrogens is 262 g/mol. The molecule has 0 fully saturated rings. The van der Waals surface area contributed by atoms with Crippen LogP contribution in [-0.4, -0.2) is 31.3 Å². The van der Waals surface area contributed by atoms with Crippen LogP contribution in [0.15, 0.2) is 30.1 Å². The number of phenols is 2. The fraction of sp³-hybridized carbons (Fsp3) is 0. The lowest BCUT2D eigenvalue weighted by Crippen LogP contribution is -2.14. The highest BCUT2D eigenvalue weighted by molar-refractivity contribution is 6.08. The molecule has 8 nitrogen and oxygen atoms in total. The lowest BCUT2D eigenvalue weighted by molar-refractivity contribution is -0.112. The highest BCUT2D eigenvalue weighted by Crippen LogP contribution is 2.25. The van der Waals surface area contributed by atoms with E-state index in [-0.39, 0.29) is 23.0 Å². The van der Waals surface area contributed by atoms with E-state index in [1.54, 1.807) is 6.07 Å². The third-order valence-corrected chi connectivity index (χ3v) is 2.32. The molecule has 0 bridgehead atoms. The van der Waals surface area contributed by atoms with Gasteiger partial charge in [-0.3, -0.25) is 10.1 Å². The van der Waals surface area contributed by atoms with Crippen LogP contribution >= 0.6 is 0 Å². The Morgan fingerprint density at radius 1 is 1.40 bits per heavy atom. The molecule has 20 heavy (non-hydrogen) atoms. The summed E-state index contributed by atoms with van der Waals surface area (Å²) in [6, 6.07) is 5.68. The third kappa shape index (κ3) is 2.91. The van der Waals surface area contributed by atoms with Crippen LogP contribution in [0.1, 0.15) is 5.56 Å². The van der Waals surface area contributed by atoms with Gasteiger partial charge in [-0.25, -0.2) is 5.10 Å². The molecule has 8 heteroatoms. The number of aromatic hydroxyl groups is 2. The standard InChI is InChI=1S/C12H9N5O3/c13-5-8(11(20)16-12-14-6-15-17-12)3-7-1-2-9(18)10(19)4-7/h1-4,6,18-19H,(H2,14,15,16,17,20)/b8-3+. The van der Waals surface area contributed by atoms with Gasteiger partial charge in [-0.15, -0.1) is 0 Å². The molecule has 0 saturated carbocycles. The van der Waals surface area contributed by atoms with Crippen molar-refractivity contribution in [2.75, 3.05) is 5.32 Å². The molecule has 1 aromatic carbocycles. The maximum absolute atomic E-state index is 11.8. The van der Waals surface area contributed by atoms with Gasteiger partial charge in [-0.05, 0) is 23.8 Å². The average molecular weight is 271 g/mol. The first-order chi connectivity index (χ1) is 9.60. The number of carbonyl (C=O) groups is 1. The van der Waals surface area contributed by atoms with E-state index in [4.69, 9.17) is 5.26 Å². The van der Waals surface area contributed by atoms with E-state index in [0.29, 0.717) is 5.56 Å². The number of phenolic OH excluding ortho intramolecular Hbond substituents is 2. The molecule has 2 aromatic rings. The zero-order valence-corrected chi connectivity index (χ0v) is 10.0. The first-order valence-corrected chi connectivity index (χ1v) is 5.40. The number of amides is 1. The SMILES string of the molecule is N#C/C(=C\c1ccc(O)c(O)c1)C(=O)Nc1ncn[nH]1. The summed E-state index contributed by atoms with van der Waals surface area (Å²) in [4.78, 5) is 15.5. The van der Waals surface area contributed by atoms with Crippen LogP contribution < -0.4 is 5.32 Å². The summed E-state index contributed by atoms with van der Waals surface area (Å²) in [6.45, 7) is 0. The topological polar surface area (TPSA) is 135 Å². The zero-order chi connectivity index (χ0) is 14.5. The summed E-state index contributed by atoms with van der Waals surface area (Å²) < 4.78 is 0. The van der Waals surface area contributed by atoms with Crippen LogP contribution in [0, 0.1) is 11.3 Å². The van der Waals surface area contributed by atoms with Crippen LogP contribution in [0.2, 0.25) is 0 Å². The number of rotatable bonds is 3. The van der Waals surface area contributed by atoms with Gasteiger partial charge in [0.15, 0.2) is 11.5 Å². The average Bonchev–Trinajstić information content (AvgIpc) is 2.92. The highest BCUT2D eigenvalue weighted by Gasteiger charge is 2.11. The lowest BCUT2D eigenvalue weighted by Gasteiger charge is -2.01. The Hall–Kier alpha value is -3.34. The molecule has 2 rings (SSSR count).